The Labute approximate surface area is 227 Å². The van der Waals surface area contributed by atoms with Crippen LogP contribution in [0.15, 0.2) is 94.4 Å². The molecule has 0 heterocycles. The van der Waals surface area contributed by atoms with Crippen molar-refractivity contribution in [1.82, 2.24) is 0 Å². The maximum Gasteiger partial charge on any atom is -0.147 e. The van der Waals surface area contributed by atoms with E-state index in [-0.39, 0.29) is 55.6 Å². The van der Waals surface area contributed by atoms with Crippen LogP contribution in [0.5, 0.6) is 0 Å². The standard InChI is InChI=1S/C21H21Si.C7H9.3ClH.Ti/c1-16-7-4-10-19(13-16)22(20-11-5-8-17(2)14-20)21-12-6-9-18(3)15-21;1-2-7-5-3-4-6-7;;;;/h4-15H,1-3H3;5-6H,2-3H2,1H3;3*1H;. The van der Waals surface area contributed by atoms with E-state index in [1.165, 1.54) is 22.3 Å². The van der Waals surface area contributed by atoms with Gasteiger partial charge in [-0.05, 0) is 0 Å². The van der Waals surface area contributed by atoms with Crippen molar-refractivity contribution in [3.05, 3.63) is 111 Å². The maximum atomic E-state index is 2.53. The number of rotatable bonds is 6. The fourth-order valence-corrected chi connectivity index (χ4v) is 16.7. The van der Waals surface area contributed by atoms with Crippen LogP contribution in [0.1, 0.15) is 36.5 Å². The first-order valence-electron chi connectivity index (χ1n) is 10.9. The largest absolute Gasteiger partial charge is 0.147 e. The third kappa shape index (κ3) is 6.54. The molecule has 1 aliphatic carbocycles. The zero-order chi connectivity index (χ0) is 21.1. The zero-order valence-corrected chi connectivity index (χ0v) is 24.7. The minimum absolute atomic E-state index is 0. The molecule has 3 aromatic rings. The maximum absolute atomic E-state index is 2.53. The number of halogens is 3. The van der Waals surface area contributed by atoms with E-state index in [9.17, 15) is 0 Å². The molecule has 0 radical (unpaired) electrons. The van der Waals surface area contributed by atoms with Crippen molar-refractivity contribution in [3.8, 4) is 0 Å². The van der Waals surface area contributed by atoms with Crippen molar-refractivity contribution >= 4 is 58.7 Å². The average Bonchev–Trinajstić information content (AvgIpc) is 3.19. The molecule has 0 atom stereocenters. The van der Waals surface area contributed by atoms with Crippen LogP contribution in [0.2, 0.25) is 0 Å². The predicted octanol–water partition coefficient (Wildman–Crippen LogP) is 6.55. The van der Waals surface area contributed by atoms with E-state index >= 15 is 0 Å². The summed E-state index contributed by atoms with van der Waals surface area (Å²) in [6, 6.07) is 28.2. The molecule has 0 saturated carbocycles. The third-order valence-corrected chi connectivity index (χ3v) is 18.1. The van der Waals surface area contributed by atoms with E-state index in [0.717, 1.165) is 12.8 Å². The molecule has 0 aliphatic heterocycles. The quantitative estimate of drug-likeness (QED) is 0.241. The summed E-state index contributed by atoms with van der Waals surface area (Å²) in [5.41, 5.74) is 5.62. The first-order valence-corrected chi connectivity index (χ1v) is 16.0. The first-order chi connectivity index (χ1) is 14.5. The van der Waals surface area contributed by atoms with E-state index in [1.807, 2.05) is 0 Å². The summed E-state index contributed by atoms with van der Waals surface area (Å²) >= 11 is -0.373. The van der Waals surface area contributed by atoms with Crippen molar-refractivity contribution in [3.63, 3.8) is 0 Å². The van der Waals surface area contributed by atoms with Crippen molar-refractivity contribution in [2.75, 3.05) is 0 Å². The average molecular weight is 552 g/mol. The van der Waals surface area contributed by atoms with Gasteiger partial charge in [-0.15, -0.1) is 37.2 Å². The van der Waals surface area contributed by atoms with Gasteiger partial charge in [0.15, 0.2) is 0 Å². The molecule has 0 unspecified atom stereocenters. The summed E-state index contributed by atoms with van der Waals surface area (Å²) in [7, 11) is 0. The molecular weight excluding hydrogens is 519 g/mol. The van der Waals surface area contributed by atoms with Crippen LogP contribution >= 0.6 is 37.2 Å². The number of aryl methyl sites for hydroxylation is 3. The molecule has 0 bridgehead atoms. The van der Waals surface area contributed by atoms with Gasteiger partial charge < -0.3 is 0 Å². The van der Waals surface area contributed by atoms with E-state index < -0.39 is 5.94 Å². The van der Waals surface area contributed by atoms with Crippen molar-refractivity contribution in [2.24, 2.45) is 0 Å². The SMILES string of the molecule is CCC1=CC[C]([Ti][Si](c2cccc(C)c2)(c2cccc(C)c2)c2cccc(C)c2)=C1.Cl.Cl.Cl. The van der Waals surface area contributed by atoms with Gasteiger partial charge in [0, 0.05) is 0 Å². The number of hydrogen-bond donors (Lipinski definition) is 0. The summed E-state index contributed by atoms with van der Waals surface area (Å²) < 4.78 is 1.71. The van der Waals surface area contributed by atoms with Gasteiger partial charge in [0.05, 0.1) is 0 Å². The molecule has 5 heteroatoms. The van der Waals surface area contributed by atoms with Crippen LogP contribution in [0.25, 0.3) is 0 Å². The van der Waals surface area contributed by atoms with Crippen molar-refractivity contribution < 1.29 is 18.4 Å². The minimum atomic E-state index is -2.10. The van der Waals surface area contributed by atoms with Crippen LogP contribution in [-0.2, 0) is 18.4 Å². The smallest absolute Gasteiger partial charge is 0.147 e. The predicted molar refractivity (Wildman–Crippen MR) is 151 cm³/mol. The fraction of sp³-hybridized carbons (Fsp3) is 0.214. The molecule has 1 aliphatic rings. The second-order valence-electron chi connectivity index (χ2n) is 8.49. The summed E-state index contributed by atoms with van der Waals surface area (Å²) in [6.07, 6.45) is 7.29. The van der Waals surface area contributed by atoms with Gasteiger partial charge in [-0.3, -0.25) is 0 Å². The normalized spacial score (nSPS) is 12.5. The van der Waals surface area contributed by atoms with E-state index in [1.54, 1.807) is 19.4 Å². The Morgan fingerprint density at radius 2 is 1.12 bits per heavy atom. The Morgan fingerprint density at radius 1 is 0.697 bits per heavy atom. The molecule has 33 heavy (non-hydrogen) atoms. The van der Waals surface area contributed by atoms with Gasteiger partial charge in [-0.2, -0.15) is 0 Å². The molecule has 0 N–H and O–H groups in total. The Kier molecular flexibility index (Phi) is 11.9. The summed E-state index contributed by atoms with van der Waals surface area (Å²) in [5, 5.41) is 4.72. The molecule has 0 fully saturated rings. The summed E-state index contributed by atoms with van der Waals surface area (Å²) in [6.45, 7) is 8.99. The zero-order valence-electron chi connectivity index (χ0n) is 19.7. The molecule has 3 aromatic carbocycles. The monoisotopic (exact) mass is 550 g/mol. The second kappa shape index (κ2) is 13.1. The molecule has 4 rings (SSSR count). The first kappa shape index (κ1) is 30.0. The molecule has 0 saturated heterocycles. The van der Waals surface area contributed by atoms with E-state index in [2.05, 4.69) is 113 Å². The van der Waals surface area contributed by atoms with Crippen LogP contribution in [-0.4, -0.2) is 5.94 Å². The van der Waals surface area contributed by atoms with Gasteiger partial charge in [0.1, 0.15) is 0 Å². The van der Waals surface area contributed by atoms with Crippen LogP contribution < -0.4 is 15.6 Å². The molecule has 0 nitrogen and oxygen atoms in total. The van der Waals surface area contributed by atoms with Gasteiger partial charge in [0.2, 0.25) is 0 Å². The topological polar surface area (TPSA) is 0 Å². The second-order valence-corrected chi connectivity index (χ2v) is 17.7. The summed E-state index contributed by atoms with van der Waals surface area (Å²) in [5.74, 6) is -2.10. The van der Waals surface area contributed by atoms with Gasteiger partial charge in [0.25, 0.3) is 0 Å². The minimum Gasteiger partial charge on any atom is -0.147 e. The number of benzene rings is 3. The Bertz CT molecular complexity index is 1030. The van der Waals surface area contributed by atoms with Gasteiger partial charge in [-0.25, -0.2) is 0 Å². The molecule has 174 valence electrons. The van der Waals surface area contributed by atoms with Crippen molar-refractivity contribution in [1.29, 1.82) is 0 Å². The Hall–Kier alpha value is -1.06. The summed E-state index contributed by atoms with van der Waals surface area (Å²) in [4.78, 5) is 0. The number of allylic oxidation sites excluding steroid dienone is 4. The Balaban J connectivity index is 0.00000181. The van der Waals surface area contributed by atoms with Crippen molar-refractivity contribution in [2.45, 2.75) is 40.5 Å². The van der Waals surface area contributed by atoms with Gasteiger partial charge >= 0.3 is 192 Å². The van der Waals surface area contributed by atoms with E-state index in [4.69, 9.17) is 0 Å². The molecular formula is C28H33Cl3SiTi. The third-order valence-electron chi connectivity index (χ3n) is 6.05. The van der Waals surface area contributed by atoms with Gasteiger partial charge in [-0.1, -0.05) is 0 Å². The van der Waals surface area contributed by atoms with Crippen LogP contribution in [0.4, 0.5) is 0 Å². The van der Waals surface area contributed by atoms with Crippen LogP contribution in [0, 0.1) is 20.8 Å². The Morgan fingerprint density at radius 3 is 1.45 bits per heavy atom. The molecule has 0 aromatic heterocycles. The fourth-order valence-electron chi connectivity index (χ4n) is 4.51. The molecule has 0 amide bonds. The van der Waals surface area contributed by atoms with Crippen LogP contribution in [0.3, 0.4) is 0 Å². The number of hydrogen-bond acceptors (Lipinski definition) is 0. The molecule has 0 spiro atoms. The van der Waals surface area contributed by atoms with E-state index in [0.29, 0.717) is 0 Å².